The van der Waals surface area contributed by atoms with Gasteiger partial charge >= 0.3 is 11.9 Å². The highest BCUT2D eigenvalue weighted by molar-refractivity contribution is 5.70. The SMILES string of the molecule is CC/C=C\C/C=C\C/C=C\C/C=C\C/C=C\C/C=C\C/C=C\C/C=C\C/C=C\C/C=C\C/C=C\CCCCCCCCCC(=O)OC(CO)COC(=O)CCCCCC/C=C\C/C=C\C/C=C\C/C=C\C/C=C\C/C=C\C/C=C\C/C=C\C/C=C\C/C=C\CC. The molecule has 496 valence electrons. The van der Waals surface area contributed by atoms with Crippen molar-refractivity contribution in [3.63, 3.8) is 0 Å². The maximum Gasteiger partial charge on any atom is 0.306 e. The Balaban J connectivity index is 3.70. The zero-order valence-electron chi connectivity index (χ0n) is 56.8. The molecule has 0 bridgehead atoms. The Morgan fingerprint density at radius 1 is 0.256 bits per heavy atom. The minimum Gasteiger partial charge on any atom is -0.462 e. The van der Waals surface area contributed by atoms with E-state index in [0.29, 0.717) is 12.8 Å². The van der Waals surface area contributed by atoms with Crippen molar-refractivity contribution in [2.75, 3.05) is 13.2 Å². The van der Waals surface area contributed by atoms with E-state index >= 15 is 0 Å². The van der Waals surface area contributed by atoms with E-state index in [9.17, 15) is 14.7 Å². The van der Waals surface area contributed by atoms with Crippen molar-refractivity contribution in [2.45, 2.75) is 251 Å². The van der Waals surface area contributed by atoms with Crippen LogP contribution in [0.1, 0.15) is 245 Å². The molecule has 0 rings (SSSR count). The van der Waals surface area contributed by atoms with Crippen LogP contribution in [0.5, 0.6) is 0 Å². The fourth-order valence-electron chi connectivity index (χ4n) is 8.65. The van der Waals surface area contributed by atoms with Gasteiger partial charge < -0.3 is 14.6 Å². The molecule has 0 fully saturated rings. The monoisotopic (exact) mass is 1230 g/mol. The van der Waals surface area contributed by atoms with Crippen LogP contribution in [0.25, 0.3) is 0 Å². The lowest BCUT2D eigenvalue weighted by Gasteiger charge is -2.15. The van der Waals surface area contributed by atoms with E-state index in [-0.39, 0.29) is 25.2 Å². The molecule has 0 amide bonds. The van der Waals surface area contributed by atoms with E-state index in [0.717, 1.165) is 193 Å². The quantitative estimate of drug-likeness (QED) is 0.0373. The molecule has 5 nitrogen and oxygen atoms in total. The van der Waals surface area contributed by atoms with Crippen molar-refractivity contribution in [3.8, 4) is 0 Å². The highest BCUT2D eigenvalue weighted by Crippen LogP contribution is 2.13. The zero-order valence-corrected chi connectivity index (χ0v) is 56.8. The smallest absolute Gasteiger partial charge is 0.306 e. The number of aliphatic hydroxyl groups is 1. The highest BCUT2D eigenvalue weighted by atomic mass is 16.6. The van der Waals surface area contributed by atoms with Gasteiger partial charge in [-0.1, -0.05) is 314 Å². The molecular formula is C85H126O5. The standard InChI is InChI=1S/C85H126O5/c1-3-5-7-9-11-13-15-17-19-21-23-25-27-29-31-33-35-37-39-40-41-42-43-44-46-48-50-52-54-56-58-60-62-64-66-68-70-72-74-76-78-80-85(88)90-83(81-86)82-89-84(87)79-77-75-73-71-69-67-65-63-61-59-57-55-53-51-49-47-45-38-36-34-32-30-28-26-24-22-20-18-16-14-12-10-8-6-4-2/h5-8,11-14,17-20,23-26,29-32,35-38,40-41,43-44,47-50,53-56,59-62,65,67,83,86H,3-4,9-10,15-16,21-22,27-28,33-34,39,42,45-46,51-52,57-58,63-64,66,68-82H2,1-2H3/b7-5-,8-6-,13-11-,14-12-,19-17-,20-18-,25-23-,26-24-,31-29-,32-30-,37-35-,38-36-,41-40-,44-43-,49-47-,50-48-,55-53-,56-54-,61-59-,62-60-,67-65-. The van der Waals surface area contributed by atoms with Gasteiger partial charge in [0.2, 0.25) is 0 Å². The van der Waals surface area contributed by atoms with E-state index in [4.69, 9.17) is 9.47 Å². The third-order valence-corrected chi connectivity index (χ3v) is 13.8. The first-order valence-electron chi connectivity index (χ1n) is 35.2. The number of carbonyl (C=O) groups is 2. The molecule has 0 aromatic rings. The second-order valence-electron chi connectivity index (χ2n) is 22.1. The summed E-state index contributed by atoms with van der Waals surface area (Å²) in [6, 6.07) is 0. The molecule has 1 N–H and O–H groups in total. The first-order valence-corrected chi connectivity index (χ1v) is 35.2. The number of hydrogen-bond acceptors (Lipinski definition) is 5. The molecule has 1 unspecified atom stereocenters. The summed E-state index contributed by atoms with van der Waals surface area (Å²) in [6.45, 7) is 3.86. The lowest BCUT2D eigenvalue weighted by Crippen LogP contribution is -2.28. The summed E-state index contributed by atoms with van der Waals surface area (Å²) in [4.78, 5) is 24.7. The lowest BCUT2D eigenvalue weighted by atomic mass is 10.1. The molecule has 0 aliphatic heterocycles. The maximum absolute atomic E-state index is 12.4. The highest BCUT2D eigenvalue weighted by Gasteiger charge is 2.16. The van der Waals surface area contributed by atoms with Gasteiger partial charge in [-0.05, 0) is 173 Å². The summed E-state index contributed by atoms with van der Waals surface area (Å²) >= 11 is 0. The Morgan fingerprint density at radius 2 is 0.444 bits per heavy atom. The number of unbranched alkanes of at least 4 members (excludes halogenated alkanes) is 11. The molecule has 1 atom stereocenters. The van der Waals surface area contributed by atoms with Crippen LogP contribution in [0.15, 0.2) is 255 Å². The van der Waals surface area contributed by atoms with Gasteiger partial charge in [-0.3, -0.25) is 9.59 Å². The lowest BCUT2D eigenvalue weighted by molar-refractivity contribution is -0.161. The van der Waals surface area contributed by atoms with Crippen molar-refractivity contribution in [3.05, 3.63) is 255 Å². The maximum atomic E-state index is 12.4. The number of hydrogen-bond donors (Lipinski definition) is 1. The van der Waals surface area contributed by atoms with Gasteiger partial charge in [0.1, 0.15) is 6.61 Å². The number of aliphatic hydroxyl groups excluding tert-OH is 1. The average molecular weight is 1230 g/mol. The number of carbonyl (C=O) groups excluding carboxylic acids is 2. The number of allylic oxidation sites excluding steroid dienone is 42. The largest absolute Gasteiger partial charge is 0.462 e. The summed E-state index contributed by atoms with van der Waals surface area (Å²) in [6.07, 6.45) is 128. The molecular weight excluding hydrogens is 1100 g/mol. The number of ether oxygens (including phenoxy) is 2. The molecule has 5 heteroatoms. The average Bonchev–Trinajstić information content (AvgIpc) is 3.60. The van der Waals surface area contributed by atoms with Gasteiger partial charge in [-0.25, -0.2) is 0 Å². The Bertz CT molecular complexity index is 2280. The third kappa shape index (κ3) is 73.9. The number of rotatable bonds is 61. The first-order chi connectivity index (χ1) is 44.6. The van der Waals surface area contributed by atoms with E-state index in [2.05, 4.69) is 269 Å². The van der Waals surface area contributed by atoms with E-state index < -0.39 is 6.10 Å². The fourth-order valence-corrected chi connectivity index (χ4v) is 8.65. The minimum atomic E-state index is -0.812. The third-order valence-electron chi connectivity index (χ3n) is 13.8. The summed E-state index contributed by atoms with van der Waals surface area (Å²) < 4.78 is 10.7. The minimum absolute atomic E-state index is 0.102. The second-order valence-corrected chi connectivity index (χ2v) is 22.1. The molecule has 0 aliphatic carbocycles. The van der Waals surface area contributed by atoms with Gasteiger partial charge in [0.25, 0.3) is 0 Å². The molecule has 90 heavy (non-hydrogen) atoms. The van der Waals surface area contributed by atoms with Crippen LogP contribution >= 0.6 is 0 Å². The summed E-state index contributed by atoms with van der Waals surface area (Å²) in [5.41, 5.74) is 0. The van der Waals surface area contributed by atoms with Gasteiger partial charge in [-0.2, -0.15) is 0 Å². The van der Waals surface area contributed by atoms with Crippen molar-refractivity contribution >= 4 is 11.9 Å². The Hall–Kier alpha value is -6.56. The van der Waals surface area contributed by atoms with Crippen molar-refractivity contribution < 1.29 is 24.2 Å². The molecule has 0 aromatic carbocycles. The van der Waals surface area contributed by atoms with Crippen LogP contribution in [0.2, 0.25) is 0 Å². The second kappa shape index (κ2) is 76.7. The van der Waals surface area contributed by atoms with Crippen molar-refractivity contribution in [1.82, 2.24) is 0 Å². The van der Waals surface area contributed by atoms with Gasteiger partial charge in [-0.15, -0.1) is 0 Å². The topological polar surface area (TPSA) is 72.8 Å². The van der Waals surface area contributed by atoms with Crippen LogP contribution in [0, 0.1) is 0 Å². The summed E-state index contributed by atoms with van der Waals surface area (Å²) in [7, 11) is 0. The van der Waals surface area contributed by atoms with Gasteiger partial charge in [0.15, 0.2) is 6.10 Å². The Labute approximate surface area is 552 Å². The predicted octanol–water partition coefficient (Wildman–Crippen LogP) is 25.2. The van der Waals surface area contributed by atoms with Crippen LogP contribution in [0.3, 0.4) is 0 Å². The van der Waals surface area contributed by atoms with Crippen LogP contribution in [-0.2, 0) is 19.1 Å². The number of esters is 2. The predicted molar refractivity (Wildman–Crippen MR) is 397 cm³/mol. The van der Waals surface area contributed by atoms with Crippen molar-refractivity contribution in [2.24, 2.45) is 0 Å². The first kappa shape index (κ1) is 83.4. The van der Waals surface area contributed by atoms with Gasteiger partial charge in [0.05, 0.1) is 6.61 Å². The molecule has 0 aliphatic rings. The Morgan fingerprint density at radius 3 is 0.667 bits per heavy atom. The Kier molecular flexibility index (Phi) is 71.1. The summed E-state index contributed by atoms with van der Waals surface area (Å²) in [5, 5.41) is 9.70. The molecule has 0 heterocycles. The van der Waals surface area contributed by atoms with Crippen LogP contribution in [-0.4, -0.2) is 36.4 Å². The van der Waals surface area contributed by atoms with Gasteiger partial charge in [0, 0.05) is 12.8 Å². The molecule has 0 saturated carbocycles. The normalized spacial score (nSPS) is 13.9. The van der Waals surface area contributed by atoms with E-state index in [1.54, 1.807) is 0 Å². The van der Waals surface area contributed by atoms with Crippen LogP contribution < -0.4 is 0 Å². The molecule has 0 spiro atoms. The zero-order chi connectivity index (χ0) is 64.7. The molecule has 0 radical (unpaired) electrons. The van der Waals surface area contributed by atoms with E-state index in [1.807, 2.05) is 0 Å². The fraction of sp³-hybridized carbons (Fsp3) is 0.482. The molecule has 0 saturated heterocycles. The van der Waals surface area contributed by atoms with E-state index in [1.165, 1.54) is 25.7 Å². The van der Waals surface area contributed by atoms with Crippen LogP contribution in [0.4, 0.5) is 0 Å². The van der Waals surface area contributed by atoms with Crippen molar-refractivity contribution in [1.29, 1.82) is 0 Å². The molecule has 0 aromatic heterocycles. The summed E-state index contributed by atoms with van der Waals surface area (Å²) in [5.74, 6) is -0.653.